The number of hydrogen-bond acceptors (Lipinski definition) is 6. The molecule has 104 valence electrons. The van der Waals surface area contributed by atoms with E-state index < -0.39 is 6.03 Å². The van der Waals surface area contributed by atoms with Gasteiger partial charge in [0.25, 0.3) is 5.91 Å². The lowest BCUT2D eigenvalue weighted by Gasteiger charge is -2.10. The summed E-state index contributed by atoms with van der Waals surface area (Å²) in [5.74, 6) is 0.327. The molecule has 20 heavy (non-hydrogen) atoms. The van der Waals surface area contributed by atoms with Crippen molar-refractivity contribution in [2.24, 2.45) is 0 Å². The molecule has 1 aliphatic rings. The molecule has 0 radical (unpaired) electrons. The second kappa shape index (κ2) is 5.04. The Morgan fingerprint density at radius 2 is 2.35 bits per heavy atom. The molecule has 3 rings (SSSR count). The zero-order valence-corrected chi connectivity index (χ0v) is 11.7. The van der Waals surface area contributed by atoms with Crippen molar-refractivity contribution in [2.75, 3.05) is 13.1 Å². The van der Waals surface area contributed by atoms with Crippen LogP contribution in [0.5, 0.6) is 0 Å². The van der Waals surface area contributed by atoms with Crippen molar-refractivity contribution in [3.63, 3.8) is 0 Å². The number of urea groups is 1. The first-order chi connectivity index (χ1) is 9.63. The van der Waals surface area contributed by atoms with Gasteiger partial charge in [0.2, 0.25) is 5.82 Å². The minimum absolute atomic E-state index is 0.150. The summed E-state index contributed by atoms with van der Waals surface area (Å²) in [6.45, 7) is 0.660. The summed E-state index contributed by atoms with van der Waals surface area (Å²) in [7, 11) is 0. The number of nitrogens with one attached hydrogen (secondary N) is 1. The van der Waals surface area contributed by atoms with Crippen LogP contribution in [0.25, 0.3) is 11.6 Å². The molecule has 1 fully saturated rings. The van der Waals surface area contributed by atoms with E-state index in [9.17, 15) is 9.59 Å². The molecular weight excluding hydrogens is 332 g/mol. The van der Waals surface area contributed by atoms with E-state index in [1.807, 2.05) is 0 Å². The van der Waals surface area contributed by atoms with Crippen LogP contribution in [0, 0.1) is 0 Å². The minimum Gasteiger partial charge on any atom is -0.446 e. The van der Waals surface area contributed by atoms with Crippen LogP contribution in [0.4, 0.5) is 4.79 Å². The van der Waals surface area contributed by atoms with Crippen molar-refractivity contribution in [3.05, 3.63) is 16.8 Å². The van der Waals surface area contributed by atoms with Gasteiger partial charge in [0.15, 0.2) is 10.4 Å². The molecule has 0 aromatic carbocycles. The van der Waals surface area contributed by atoms with E-state index in [1.54, 1.807) is 12.1 Å². The SMILES string of the molecule is O=C(Cn1nnc(-c2ccc(Br)o2)n1)N1CCNC1=O. The number of nitrogens with zero attached hydrogens (tertiary/aromatic N) is 5. The highest BCUT2D eigenvalue weighted by Crippen LogP contribution is 2.21. The van der Waals surface area contributed by atoms with E-state index in [1.165, 1.54) is 0 Å². The summed E-state index contributed by atoms with van der Waals surface area (Å²) in [6, 6.07) is 2.99. The Kier molecular flexibility index (Phi) is 3.22. The van der Waals surface area contributed by atoms with Crippen molar-refractivity contribution >= 4 is 27.9 Å². The molecule has 1 saturated heterocycles. The predicted molar refractivity (Wildman–Crippen MR) is 68.3 cm³/mol. The average Bonchev–Trinajstić information content (AvgIpc) is 3.10. The van der Waals surface area contributed by atoms with Crippen LogP contribution in [0.15, 0.2) is 21.2 Å². The van der Waals surface area contributed by atoms with Crippen molar-refractivity contribution < 1.29 is 14.0 Å². The first-order valence-corrected chi connectivity index (χ1v) is 6.54. The number of carbonyl (C=O) groups excluding carboxylic acids is 2. The summed E-state index contributed by atoms with van der Waals surface area (Å²) in [4.78, 5) is 25.5. The smallest absolute Gasteiger partial charge is 0.324 e. The molecule has 0 spiro atoms. The Bertz CT molecular complexity index is 666. The van der Waals surface area contributed by atoms with Gasteiger partial charge in [-0.05, 0) is 33.3 Å². The van der Waals surface area contributed by atoms with Gasteiger partial charge in [-0.2, -0.15) is 4.80 Å². The largest absolute Gasteiger partial charge is 0.446 e. The Morgan fingerprint density at radius 3 is 3.00 bits per heavy atom. The lowest BCUT2D eigenvalue weighted by atomic mass is 10.4. The molecule has 2 aromatic heterocycles. The molecule has 10 heteroatoms. The van der Waals surface area contributed by atoms with Crippen molar-refractivity contribution in [1.82, 2.24) is 30.4 Å². The number of carbonyl (C=O) groups is 2. The second-order valence-corrected chi connectivity index (χ2v) is 4.81. The molecule has 3 amide bonds. The zero-order chi connectivity index (χ0) is 14.1. The van der Waals surface area contributed by atoms with E-state index in [2.05, 4.69) is 36.7 Å². The number of aromatic nitrogens is 4. The predicted octanol–water partition coefficient (Wildman–Crippen LogP) is 0.247. The monoisotopic (exact) mass is 340 g/mol. The molecule has 1 N–H and O–H groups in total. The van der Waals surface area contributed by atoms with Crippen LogP contribution in [0.1, 0.15) is 0 Å². The Labute approximate surface area is 121 Å². The topological polar surface area (TPSA) is 106 Å². The summed E-state index contributed by atoms with van der Waals surface area (Å²) < 4.78 is 5.83. The number of hydrogen-bond donors (Lipinski definition) is 1. The average molecular weight is 341 g/mol. The fourth-order valence-corrected chi connectivity index (χ4v) is 2.07. The Hall–Kier alpha value is -2.23. The maximum absolute atomic E-state index is 11.9. The van der Waals surface area contributed by atoms with Crippen LogP contribution >= 0.6 is 15.9 Å². The number of rotatable bonds is 3. The van der Waals surface area contributed by atoms with Crippen LogP contribution in [-0.4, -0.2) is 50.1 Å². The maximum Gasteiger partial charge on any atom is 0.324 e. The van der Waals surface area contributed by atoms with Gasteiger partial charge in [0, 0.05) is 13.1 Å². The number of halogens is 1. The number of furan rings is 1. The lowest BCUT2D eigenvalue weighted by Crippen LogP contribution is -2.37. The molecule has 1 aliphatic heterocycles. The third-order valence-electron chi connectivity index (χ3n) is 2.68. The summed E-state index contributed by atoms with van der Waals surface area (Å²) >= 11 is 3.17. The summed E-state index contributed by atoms with van der Waals surface area (Å²) in [5, 5.41) is 14.1. The first-order valence-electron chi connectivity index (χ1n) is 5.75. The summed E-state index contributed by atoms with van der Waals surface area (Å²) in [6.07, 6.45) is 0. The molecule has 0 bridgehead atoms. The minimum atomic E-state index is -0.398. The fourth-order valence-electron chi connectivity index (χ4n) is 1.76. The first kappa shape index (κ1) is 12.8. The Morgan fingerprint density at radius 1 is 1.50 bits per heavy atom. The maximum atomic E-state index is 11.9. The molecule has 0 atom stereocenters. The van der Waals surface area contributed by atoms with Gasteiger partial charge in [-0.25, -0.2) is 4.79 Å². The second-order valence-electron chi connectivity index (χ2n) is 4.02. The molecule has 0 unspecified atom stereocenters. The van der Waals surface area contributed by atoms with E-state index >= 15 is 0 Å². The van der Waals surface area contributed by atoms with E-state index in [0.29, 0.717) is 23.5 Å². The number of imide groups is 1. The van der Waals surface area contributed by atoms with Gasteiger partial charge < -0.3 is 9.73 Å². The standard InChI is InChI=1S/C10H9BrN6O3/c11-7-2-1-6(20-7)9-13-15-17(14-9)5-8(18)16-4-3-12-10(16)19/h1-2H,3-5H2,(H,12,19). The zero-order valence-electron chi connectivity index (χ0n) is 10.1. The molecule has 0 saturated carbocycles. The normalized spacial score (nSPS) is 14.7. The summed E-state index contributed by atoms with van der Waals surface area (Å²) in [5.41, 5.74) is 0. The van der Waals surface area contributed by atoms with Gasteiger partial charge in [-0.15, -0.1) is 10.2 Å². The molecule has 9 nitrogen and oxygen atoms in total. The third kappa shape index (κ3) is 2.41. The molecule has 2 aromatic rings. The van der Waals surface area contributed by atoms with Gasteiger partial charge in [-0.1, -0.05) is 0 Å². The van der Waals surface area contributed by atoms with Crippen molar-refractivity contribution in [1.29, 1.82) is 0 Å². The highest BCUT2D eigenvalue weighted by Gasteiger charge is 2.26. The molecule has 0 aliphatic carbocycles. The van der Waals surface area contributed by atoms with E-state index in [0.717, 1.165) is 9.70 Å². The molecular formula is C10H9BrN6O3. The molecule has 3 heterocycles. The van der Waals surface area contributed by atoms with Crippen LogP contribution in [0.3, 0.4) is 0 Å². The van der Waals surface area contributed by atoms with Gasteiger partial charge in [-0.3, -0.25) is 9.69 Å². The Balaban J connectivity index is 1.71. The number of tetrazole rings is 1. The van der Waals surface area contributed by atoms with Crippen molar-refractivity contribution in [3.8, 4) is 11.6 Å². The fraction of sp³-hybridized carbons (Fsp3) is 0.300. The van der Waals surface area contributed by atoms with Gasteiger partial charge in [0.05, 0.1) is 0 Å². The van der Waals surface area contributed by atoms with Crippen LogP contribution < -0.4 is 5.32 Å². The lowest BCUT2D eigenvalue weighted by molar-refractivity contribution is -0.128. The van der Waals surface area contributed by atoms with E-state index in [-0.39, 0.29) is 18.3 Å². The highest BCUT2D eigenvalue weighted by atomic mass is 79.9. The van der Waals surface area contributed by atoms with Gasteiger partial charge >= 0.3 is 6.03 Å². The third-order valence-corrected chi connectivity index (χ3v) is 3.11. The quantitative estimate of drug-likeness (QED) is 0.858. The van der Waals surface area contributed by atoms with Crippen LogP contribution in [-0.2, 0) is 11.3 Å². The van der Waals surface area contributed by atoms with Gasteiger partial charge in [0.1, 0.15) is 6.54 Å². The van der Waals surface area contributed by atoms with Crippen molar-refractivity contribution in [2.45, 2.75) is 6.54 Å². The number of amides is 3. The van der Waals surface area contributed by atoms with E-state index in [4.69, 9.17) is 4.42 Å². The van der Waals surface area contributed by atoms with Crippen LogP contribution in [0.2, 0.25) is 0 Å². The highest BCUT2D eigenvalue weighted by molar-refractivity contribution is 9.10.